The Morgan fingerprint density at radius 3 is 2.25 bits per heavy atom. The standard InChI is InChI=1S/C11H19N/c1-10(2)7-5-9(6-8-12)11(10,3)4/h9H,5-7H2,1-4H3/t9-/m0/s1. The highest BCUT2D eigenvalue weighted by molar-refractivity contribution is 5.00. The van der Waals surface area contributed by atoms with E-state index in [-0.39, 0.29) is 0 Å². The second kappa shape index (κ2) is 2.76. The predicted molar refractivity (Wildman–Crippen MR) is 50.5 cm³/mol. The second-order valence-electron chi connectivity index (χ2n) is 5.20. The van der Waals surface area contributed by atoms with E-state index in [1.807, 2.05) is 0 Å². The molecule has 1 rings (SSSR count). The van der Waals surface area contributed by atoms with Crippen LogP contribution in [0.15, 0.2) is 0 Å². The highest BCUT2D eigenvalue weighted by atomic mass is 14.5. The lowest BCUT2D eigenvalue weighted by molar-refractivity contribution is 0.109. The first-order valence-corrected chi connectivity index (χ1v) is 4.79. The average Bonchev–Trinajstić information content (AvgIpc) is 2.13. The number of hydrogen-bond donors (Lipinski definition) is 0. The van der Waals surface area contributed by atoms with E-state index in [0.717, 1.165) is 6.42 Å². The fourth-order valence-electron chi connectivity index (χ4n) is 2.24. The van der Waals surface area contributed by atoms with Gasteiger partial charge < -0.3 is 0 Å². The van der Waals surface area contributed by atoms with Crippen LogP contribution in [0, 0.1) is 28.1 Å². The molecule has 1 atom stereocenters. The summed E-state index contributed by atoms with van der Waals surface area (Å²) in [5, 5.41) is 8.68. The lowest BCUT2D eigenvalue weighted by Gasteiger charge is -2.38. The van der Waals surface area contributed by atoms with Gasteiger partial charge in [-0.1, -0.05) is 27.7 Å². The van der Waals surface area contributed by atoms with Gasteiger partial charge in [0.15, 0.2) is 0 Å². The lowest BCUT2D eigenvalue weighted by atomic mass is 9.66. The molecule has 0 spiro atoms. The summed E-state index contributed by atoms with van der Waals surface area (Å²) in [7, 11) is 0. The van der Waals surface area contributed by atoms with E-state index in [1.165, 1.54) is 12.8 Å². The molecule has 1 fully saturated rings. The van der Waals surface area contributed by atoms with Gasteiger partial charge >= 0.3 is 0 Å². The summed E-state index contributed by atoms with van der Waals surface area (Å²) in [5.41, 5.74) is 0.747. The molecule has 0 aromatic rings. The molecule has 1 nitrogen and oxygen atoms in total. The summed E-state index contributed by atoms with van der Waals surface area (Å²) < 4.78 is 0. The van der Waals surface area contributed by atoms with Crippen LogP contribution in [-0.4, -0.2) is 0 Å². The minimum Gasteiger partial charge on any atom is -0.198 e. The first kappa shape index (κ1) is 9.58. The fourth-order valence-corrected chi connectivity index (χ4v) is 2.24. The molecule has 1 heteroatoms. The SMILES string of the molecule is CC1(C)CC[C@@H](CC#N)C1(C)C. The summed E-state index contributed by atoms with van der Waals surface area (Å²) in [4.78, 5) is 0. The van der Waals surface area contributed by atoms with E-state index in [0.29, 0.717) is 16.7 Å². The number of rotatable bonds is 1. The van der Waals surface area contributed by atoms with Crippen LogP contribution < -0.4 is 0 Å². The molecular formula is C11H19N. The van der Waals surface area contributed by atoms with Crippen molar-refractivity contribution in [2.45, 2.75) is 47.0 Å². The monoisotopic (exact) mass is 165 g/mol. The van der Waals surface area contributed by atoms with Crippen molar-refractivity contribution in [3.63, 3.8) is 0 Å². The molecule has 68 valence electrons. The summed E-state index contributed by atoms with van der Waals surface area (Å²) in [6.07, 6.45) is 3.23. The normalized spacial score (nSPS) is 31.4. The third-order valence-electron chi connectivity index (χ3n) is 4.22. The number of nitriles is 1. The predicted octanol–water partition coefficient (Wildman–Crippen LogP) is 3.36. The van der Waals surface area contributed by atoms with Gasteiger partial charge in [0, 0.05) is 6.42 Å². The Labute approximate surface area is 75.8 Å². The maximum absolute atomic E-state index is 8.68. The smallest absolute Gasteiger partial charge is 0.0624 e. The Morgan fingerprint density at radius 2 is 1.92 bits per heavy atom. The van der Waals surface area contributed by atoms with E-state index in [2.05, 4.69) is 33.8 Å². The van der Waals surface area contributed by atoms with Crippen molar-refractivity contribution in [2.24, 2.45) is 16.7 Å². The van der Waals surface area contributed by atoms with Gasteiger partial charge in [0.25, 0.3) is 0 Å². The van der Waals surface area contributed by atoms with Crippen molar-refractivity contribution in [1.82, 2.24) is 0 Å². The van der Waals surface area contributed by atoms with Crippen molar-refractivity contribution in [2.75, 3.05) is 0 Å². The van der Waals surface area contributed by atoms with Gasteiger partial charge in [-0.05, 0) is 29.6 Å². The van der Waals surface area contributed by atoms with E-state index < -0.39 is 0 Å². The zero-order valence-corrected chi connectivity index (χ0v) is 8.65. The Bertz CT molecular complexity index is 208. The Balaban J connectivity index is 2.80. The quantitative estimate of drug-likeness (QED) is 0.584. The van der Waals surface area contributed by atoms with Gasteiger partial charge in [0.05, 0.1) is 6.07 Å². The zero-order valence-electron chi connectivity index (χ0n) is 8.65. The lowest BCUT2D eigenvalue weighted by Crippen LogP contribution is -2.31. The van der Waals surface area contributed by atoms with Crippen LogP contribution in [0.1, 0.15) is 47.0 Å². The van der Waals surface area contributed by atoms with Crippen molar-refractivity contribution >= 4 is 0 Å². The van der Waals surface area contributed by atoms with Crippen LogP contribution in [0.4, 0.5) is 0 Å². The van der Waals surface area contributed by atoms with Gasteiger partial charge in [-0.15, -0.1) is 0 Å². The largest absolute Gasteiger partial charge is 0.198 e. The van der Waals surface area contributed by atoms with E-state index in [1.54, 1.807) is 0 Å². The van der Waals surface area contributed by atoms with Crippen LogP contribution in [0.2, 0.25) is 0 Å². The molecule has 0 aromatic heterocycles. The molecule has 0 heterocycles. The van der Waals surface area contributed by atoms with Gasteiger partial charge in [-0.3, -0.25) is 0 Å². The molecule has 0 bridgehead atoms. The van der Waals surface area contributed by atoms with E-state index in [4.69, 9.17) is 5.26 Å². The van der Waals surface area contributed by atoms with Crippen LogP contribution in [0.5, 0.6) is 0 Å². The van der Waals surface area contributed by atoms with Gasteiger partial charge in [0.1, 0.15) is 0 Å². The molecule has 1 saturated carbocycles. The zero-order chi connectivity index (χ0) is 9.41. The van der Waals surface area contributed by atoms with Crippen molar-refractivity contribution in [3.05, 3.63) is 0 Å². The fraction of sp³-hybridized carbons (Fsp3) is 0.909. The molecule has 0 unspecified atom stereocenters. The van der Waals surface area contributed by atoms with Crippen molar-refractivity contribution in [1.29, 1.82) is 5.26 Å². The molecule has 0 amide bonds. The van der Waals surface area contributed by atoms with E-state index >= 15 is 0 Å². The van der Waals surface area contributed by atoms with Gasteiger partial charge in [0.2, 0.25) is 0 Å². The van der Waals surface area contributed by atoms with Crippen LogP contribution in [-0.2, 0) is 0 Å². The molecule has 0 N–H and O–H groups in total. The Hall–Kier alpha value is -0.510. The third kappa shape index (κ3) is 1.24. The van der Waals surface area contributed by atoms with Crippen molar-refractivity contribution < 1.29 is 0 Å². The van der Waals surface area contributed by atoms with Crippen molar-refractivity contribution in [3.8, 4) is 6.07 Å². The van der Waals surface area contributed by atoms with Crippen LogP contribution in [0.3, 0.4) is 0 Å². The molecular weight excluding hydrogens is 146 g/mol. The highest BCUT2D eigenvalue weighted by Crippen LogP contribution is 2.56. The second-order valence-corrected chi connectivity index (χ2v) is 5.20. The van der Waals surface area contributed by atoms with Crippen LogP contribution >= 0.6 is 0 Å². The Kier molecular flexibility index (Phi) is 2.21. The molecule has 0 radical (unpaired) electrons. The molecule has 0 aliphatic heterocycles. The topological polar surface area (TPSA) is 23.8 Å². The average molecular weight is 165 g/mol. The molecule has 0 saturated heterocycles. The maximum Gasteiger partial charge on any atom is 0.0624 e. The van der Waals surface area contributed by atoms with E-state index in [9.17, 15) is 0 Å². The minimum absolute atomic E-state index is 0.336. The van der Waals surface area contributed by atoms with Crippen LogP contribution in [0.25, 0.3) is 0 Å². The maximum atomic E-state index is 8.68. The van der Waals surface area contributed by atoms with Gasteiger partial charge in [-0.25, -0.2) is 0 Å². The highest BCUT2D eigenvalue weighted by Gasteiger charge is 2.47. The Morgan fingerprint density at radius 1 is 1.33 bits per heavy atom. The first-order chi connectivity index (χ1) is 5.42. The minimum atomic E-state index is 0.336. The van der Waals surface area contributed by atoms with Gasteiger partial charge in [-0.2, -0.15) is 5.26 Å². The number of hydrogen-bond acceptors (Lipinski definition) is 1. The number of nitrogens with zero attached hydrogens (tertiary/aromatic N) is 1. The molecule has 12 heavy (non-hydrogen) atoms. The summed E-state index contributed by atoms with van der Waals surface area (Å²) in [6, 6.07) is 2.30. The summed E-state index contributed by atoms with van der Waals surface area (Å²) in [5.74, 6) is 0.609. The molecule has 1 aliphatic rings. The summed E-state index contributed by atoms with van der Waals surface area (Å²) >= 11 is 0. The summed E-state index contributed by atoms with van der Waals surface area (Å²) in [6.45, 7) is 9.26. The molecule has 1 aliphatic carbocycles. The third-order valence-corrected chi connectivity index (χ3v) is 4.22. The molecule has 0 aromatic carbocycles. The first-order valence-electron chi connectivity index (χ1n) is 4.79.